The third-order valence-electron chi connectivity index (χ3n) is 4.32. The molecular weight excluding hydrogens is 329 g/mol. The first-order chi connectivity index (χ1) is 11.1. The minimum Gasteiger partial charge on any atom is -0.393 e. The van der Waals surface area contributed by atoms with E-state index in [0.29, 0.717) is 0 Å². The van der Waals surface area contributed by atoms with Gasteiger partial charge in [0.2, 0.25) is 0 Å². The first-order valence-corrected chi connectivity index (χ1v) is 7.38. The van der Waals surface area contributed by atoms with E-state index in [2.05, 4.69) is 10.3 Å². The fraction of sp³-hybridized carbons (Fsp3) is 0.600. The summed E-state index contributed by atoms with van der Waals surface area (Å²) in [6.07, 6.45) is -5.72. The van der Waals surface area contributed by atoms with Crippen molar-refractivity contribution in [1.82, 2.24) is 4.98 Å². The molecule has 24 heavy (non-hydrogen) atoms. The lowest BCUT2D eigenvalue weighted by Gasteiger charge is -2.30. The van der Waals surface area contributed by atoms with E-state index >= 15 is 0 Å². The predicted octanol–water partition coefficient (Wildman–Crippen LogP) is 1.79. The number of amides is 1. The first kappa shape index (κ1) is 18.6. The summed E-state index contributed by atoms with van der Waals surface area (Å²) in [6.45, 7) is 1.84. The molecule has 1 aliphatic rings. The number of alkyl halides is 3. The smallest absolute Gasteiger partial charge is 0.393 e. The van der Waals surface area contributed by atoms with Gasteiger partial charge in [-0.15, -0.1) is 0 Å². The fourth-order valence-corrected chi connectivity index (χ4v) is 2.51. The van der Waals surface area contributed by atoms with Crippen LogP contribution in [0.5, 0.6) is 0 Å². The third-order valence-corrected chi connectivity index (χ3v) is 4.32. The molecule has 0 spiro atoms. The second-order valence-electron chi connectivity index (χ2n) is 6.01. The molecule has 0 aromatic carbocycles. The number of aromatic nitrogens is 1. The maximum absolute atomic E-state index is 13.1. The van der Waals surface area contributed by atoms with Crippen LogP contribution in [0.3, 0.4) is 0 Å². The van der Waals surface area contributed by atoms with Crippen molar-refractivity contribution in [2.24, 2.45) is 5.92 Å². The summed E-state index contributed by atoms with van der Waals surface area (Å²) in [5.74, 6) is -1.54. The van der Waals surface area contributed by atoms with Gasteiger partial charge in [0.05, 0.1) is 24.2 Å². The Morgan fingerprint density at radius 3 is 2.67 bits per heavy atom. The van der Waals surface area contributed by atoms with Crippen LogP contribution in [0.4, 0.5) is 18.9 Å². The van der Waals surface area contributed by atoms with E-state index in [0.717, 1.165) is 6.92 Å². The number of nitrogens with one attached hydrogen (secondary N) is 1. The highest BCUT2D eigenvalue weighted by atomic mass is 19.4. The van der Waals surface area contributed by atoms with Crippen LogP contribution in [0.25, 0.3) is 0 Å². The van der Waals surface area contributed by atoms with E-state index in [-0.39, 0.29) is 17.8 Å². The van der Waals surface area contributed by atoms with Gasteiger partial charge in [-0.25, -0.2) is 0 Å². The summed E-state index contributed by atoms with van der Waals surface area (Å²) in [7, 11) is 0. The molecule has 1 fully saturated rings. The molecule has 2 heterocycles. The zero-order valence-corrected chi connectivity index (χ0v) is 13.2. The Hall–Kier alpha value is -1.71. The van der Waals surface area contributed by atoms with Gasteiger partial charge < -0.3 is 20.3 Å². The number of halogens is 3. The Morgan fingerprint density at radius 2 is 2.21 bits per heavy atom. The number of hydrogen-bond donors (Lipinski definition) is 3. The second kappa shape index (κ2) is 6.66. The van der Waals surface area contributed by atoms with Gasteiger partial charge in [0.15, 0.2) is 5.60 Å². The number of rotatable bonds is 4. The van der Waals surface area contributed by atoms with Crippen LogP contribution in [0.1, 0.15) is 32.1 Å². The van der Waals surface area contributed by atoms with Crippen molar-refractivity contribution in [3.8, 4) is 0 Å². The molecule has 1 unspecified atom stereocenters. The molecule has 9 heteroatoms. The summed E-state index contributed by atoms with van der Waals surface area (Å²) in [4.78, 5) is 16.0. The zero-order valence-electron chi connectivity index (χ0n) is 13.2. The van der Waals surface area contributed by atoms with Crippen LogP contribution in [-0.2, 0) is 9.53 Å². The zero-order chi connectivity index (χ0) is 18.1. The molecule has 6 nitrogen and oxygen atoms in total. The summed E-state index contributed by atoms with van der Waals surface area (Å²) in [5.41, 5.74) is -1.89. The van der Waals surface area contributed by atoms with Gasteiger partial charge in [-0.1, -0.05) is 6.92 Å². The highest BCUT2D eigenvalue weighted by Crippen LogP contribution is 2.46. The monoisotopic (exact) mass is 348 g/mol. The molecule has 1 aliphatic heterocycles. The van der Waals surface area contributed by atoms with Gasteiger partial charge in [0.25, 0.3) is 5.91 Å². The van der Waals surface area contributed by atoms with Gasteiger partial charge in [-0.2, -0.15) is 13.2 Å². The molecule has 1 saturated heterocycles. The van der Waals surface area contributed by atoms with Crippen molar-refractivity contribution < 1.29 is 32.9 Å². The molecule has 134 valence electrons. The number of anilines is 1. The number of carbonyl (C=O) groups is 1. The van der Waals surface area contributed by atoms with Crippen LogP contribution < -0.4 is 5.32 Å². The van der Waals surface area contributed by atoms with E-state index < -0.39 is 42.4 Å². The Morgan fingerprint density at radius 1 is 1.54 bits per heavy atom. The maximum atomic E-state index is 13.1. The van der Waals surface area contributed by atoms with Crippen molar-refractivity contribution in [2.75, 3.05) is 11.9 Å². The van der Waals surface area contributed by atoms with E-state index in [9.17, 15) is 23.1 Å². The number of pyridine rings is 1. The minimum absolute atomic E-state index is 0.0451. The Labute approximate surface area is 136 Å². The average Bonchev–Trinajstić information content (AvgIpc) is 2.84. The number of aliphatic hydroxyl groups is 2. The summed E-state index contributed by atoms with van der Waals surface area (Å²) >= 11 is 0. The molecule has 0 radical (unpaired) electrons. The molecule has 1 amide bonds. The van der Waals surface area contributed by atoms with Crippen LogP contribution in [-0.4, -0.2) is 45.6 Å². The third kappa shape index (κ3) is 3.52. The highest BCUT2D eigenvalue weighted by molar-refractivity contribution is 5.94. The van der Waals surface area contributed by atoms with Gasteiger partial charge in [0, 0.05) is 0 Å². The largest absolute Gasteiger partial charge is 0.417 e. The fourth-order valence-electron chi connectivity index (χ4n) is 2.51. The quantitative estimate of drug-likeness (QED) is 0.772. The van der Waals surface area contributed by atoms with Crippen LogP contribution in [0, 0.1) is 5.92 Å². The number of hydrogen-bond acceptors (Lipinski definition) is 5. The minimum atomic E-state index is -4.56. The topological polar surface area (TPSA) is 91.7 Å². The van der Waals surface area contributed by atoms with Gasteiger partial charge in [-0.3, -0.25) is 9.78 Å². The summed E-state index contributed by atoms with van der Waals surface area (Å²) in [5, 5.41) is 20.7. The van der Waals surface area contributed by atoms with E-state index in [4.69, 9.17) is 9.84 Å². The summed E-state index contributed by atoms with van der Waals surface area (Å²) < 4.78 is 44.3. The molecule has 1 aromatic heterocycles. The van der Waals surface area contributed by atoms with Gasteiger partial charge >= 0.3 is 6.18 Å². The lowest BCUT2D eigenvalue weighted by atomic mass is 9.89. The van der Waals surface area contributed by atoms with E-state index in [1.807, 2.05) is 0 Å². The first-order valence-electron chi connectivity index (χ1n) is 7.38. The van der Waals surface area contributed by atoms with E-state index in [1.54, 1.807) is 0 Å². The predicted molar refractivity (Wildman–Crippen MR) is 78.0 cm³/mol. The molecular formula is C15H19F3N2O4. The molecule has 0 bridgehead atoms. The molecule has 0 aliphatic carbocycles. The Bertz CT molecular complexity index is 593. The molecule has 0 saturated carbocycles. The number of aliphatic hydroxyl groups excluding tert-OH is 2. The Balaban J connectivity index is 2.03. The van der Waals surface area contributed by atoms with Crippen LogP contribution in [0.2, 0.25) is 0 Å². The SMILES string of the molecule is C[C@H]1CC(C(=O)Nc2ccc([C@H](O)CO)nc2)O[C@@]1(C)C(F)(F)F. The van der Waals surface area contributed by atoms with Crippen molar-refractivity contribution in [1.29, 1.82) is 0 Å². The van der Waals surface area contributed by atoms with Crippen LogP contribution >= 0.6 is 0 Å². The van der Waals surface area contributed by atoms with Gasteiger partial charge in [0.1, 0.15) is 12.2 Å². The molecule has 4 atom stereocenters. The highest BCUT2D eigenvalue weighted by Gasteiger charge is 2.61. The van der Waals surface area contributed by atoms with Crippen molar-refractivity contribution in [3.63, 3.8) is 0 Å². The molecule has 3 N–H and O–H groups in total. The second-order valence-corrected chi connectivity index (χ2v) is 6.01. The lowest BCUT2D eigenvalue weighted by molar-refractivity contribution is -0.272. The number of carbonyl (C=O) groups excluding carboxylic acids is 1. The normalized spacial score (nSPS) is 28.6. The van der Waals surface area contributed by atoms with Crippen molar-refractivity contribution in [2.45, 2.75) is 44.3 Å². The standard InChI is InChI=1S/C15H19F3N2O4/c1-8-5-12(24-14(8,2)15(16,17)18)13(23)20-9-3-4-10(19-6-9)11(22)7-21/h3-4,6,8,11-12,21-22H,5,7H2,1-2H3,(H,20,23)/t8-,11+,12?,14+/m0/s1. The summed E-state index contributed by atoms with van der Waals surface area (Å²) in [6, 6.07) is 2.83. The number of ether oxygens (including phenoxy) is 1. The van der Waals surface area contributed by atoms with E-state index in [1.165, 1.54) is 25.3 Å². The molecule has 2 rings (SSSR count). The lowest BCUT2D eigenvalue weighted by Crippen LogP contribution is -2.47. The Kier molecular flexibility index (Phi) is 5.17. The molecule has 1 aromatic rings. The maximum Gasteiger partial charge on any atom is 0.417 e. The van der Waals surface area contributed by atoms with Crippen molar-refractivity contribution in [3.05, 3.63) is 24.0 Å². The van der Waals surface area contributed by atoms with Gasteiger partial charge in [-0.05, 0) is 31.4 Å². The average molecular weight is 348 g/mol. The number of nitrogens with zero attached hydrogens (tertiary/aromatic N) is 1. The van der Waals surface area contributed by atoms with Crippen LogP contribution in [0.15, 0.2) is 18.3 Å². The van der Waals surface area contributed by atoms with Crippen molar-refractivity contribution >= 4 is 11.6 Å².